The van der Waals surface area contributed by atoms with Crippen LogP contribution in [-0.4, -0.2) is 29.1 Å². The number of halogens is 1. The van der Waals surface area contributed by atoms with Crippen molar-refractivity contribution in [3.05, 3.63) is 89.9 Å². The molecule has 2 aromatic carbocycles. The van der Waals surface area contributed by atoms with E-state index in [4.69, 9.17) is 4.74 Å². The number of aromatic nitrogens is 1. The van der Waals surface area contributed by atoms with E-state index in [0.29, 0.717) is 37.1 Å². The minimum Gasteiger partial charge on any atom is -0.439 e. The van der Waals surface area contributed by atoms with E-state index >= 15 is 0 Å². The highest BCUT2D eigenvalue weighted by molar-refractivity contribution is 5.79. The van der Waals surface area contributed by atoms with Crippen molar-refractivity contribution in [1.82, 2.24) is 15.6 Å². The quantitative estimate of drug-likeness (QED) is 0.356. The number of guanidine groups is 1. The van der Waals surface area contributed by atoms with Crippen LogP contribution < -0.4 is 15.4 Å². The second-order valence-electron chi connectivity index (χ2n) is 6.90. The van der Waals surface area contributed by atoms with Gasteiger partial charge in [0.05, 0.1) is 12.6 Å². The lowest BCUT2D eigenvalue weighted by Crippen LogP contribution is -2.38. The average molecular weight is 423 g/mol. The number of hydrogen-bond acceptors (Lipinski definition) is 4. The molecule has 0 aliphatic carbocycles. The molecular weight excluding hydrogens is 395 g/mol. The van der Waals surface area contributed by atoms with Crippen molar-refractivity contribution >= 4 is 5.96 Å². The first-order valence-corrected chi connectivity index (χ1v) is 10.3. The molecule has 1 unspecified atom stereocenters. The monoisotopic (exact) mass is 422 g/mol. The number of pyridine rings is 1. The van der Waals surface area contributed by atoms with E-state index in [2.05, 4.69) is 20.6 Å². The number of nitrogens with one attached hydrogen (secondary N) is 2. The Morgan fingerprint density at radius 1 is 1.06 bits per heavy atom. The van der Waals surface area contributed by atoms with Gasteiger partial charge in [-0.15, -0.1) is 0 Å². The van der Waals surface area contributed by atoms with Crippen LogP contribution in [0.3, 0.4) is 0 Å². The predicted molar refractivity (Wildman–Crippen MR) is 120 cm³/mol. The molecule has 0 amide bonds. The molecule has 3 N–H and O–H groups in total. The summed E-state index contributed by atoms with van der Waals surface area (Å²) in [6, 6.07) is 19.0. The van der Waals surface area contributed by atoms with Crippen LogP contribution in [0.2, 0.25) is 0 Å². The summed E-state index contributed by atoms with van der Waals surface area (Å²) in [4.78, 5) is 8.85. The van der Waals surface area contributed by atoms with E-state index in [-0.39, 0.29) is 5.82 Å². The van der Waals surface area contributed by atoms with E-state index in [1.54, 1.807) is 24.4 Å². The molecule has 0 saturated carbocycles. The van der Waals surface area contributed by atoms with E-state index in [1.165, 1.54) is 12.1 Å². The minimum absolute atomic E-state index is 0.312. The zero-order valence-electron chi connectivity index (χ0n) is 17.5. The van der Waals surface area contributed by atoms with Crippen LogP contribution in [0.15, 0.2) is 77.9 Å². The topological polar surface area (TPSA) is 78.8 Å². The lowest BCUT2D eigenvalue weighted by molar-refractivity contribution is 0.168. The molecule has 1 atom stereocenters. The Hall–Kier alpha value is -3.45. The van der Waals surface area contributed by atoms with Gasteiger partial charge in [-0.05, 0) is 48.7 Å². The Kier molecular flexibility index (Phi) is 8.37. The Bertz CT molecular complexity index is 948. The van der Waals surface area contributed by atoms with Crippen LogP contribution in [0.25, 0.3) is 0 Å². The lowest BCUT2D eigenvalue weighted by Gasteiger charge is -2.14. The maximum Gasteiger partial charge on any atom is 0.219 e. The number of benzene rings is 2. The van der Waals surface area contributed by atoms with Gasteiger partial charge in [0.25, 0.3) is 0 Å². The number of aliphatic hydroxyl groups excluding tert-OH is 1. The van der Waals surface area contributed by atoms with Gasteiger partial charge in [-0.1, -0.05) is 36.4 Å². The Morgan fingerprint density at radius 2 is 1.84 bits per heavy atom. The largest absolute Gasteiger partial charge is 0.439 e. The van der Waals surface area contributed by atoms with Crippen LogP contribution in [0.4, 0.5) is 4.39 Å². The van der Waals surface area contributed by atoms with E-state index < -0.39 is 6.10 Å². The fourth-order valence-corrected chi connectivity index (χ4v) is 2.87. The van der Waals surface area contributed by atoms with Gasteiger partial charge in [-0.3, -0.25) is 0 Å². The maximum atomic E-state index is 13.0. The minimum atomic E-state index is -0.519. The van der Waals surface area contributed by atoms with Crippen molar-refractivity contribution in [2.24, 2.45) is 4.99 Å². The number of ether oxygens (including phenoxy) is 1. The molecule has 0 spiro atoms. The van der Waals surface area contributed by atoms with E-state index in [9.17, 15) is 9.50 Å². The number of aliphatic imine (C=N–C) groups is 1. The Labute approximate surface area is 181 Å². The molecule has 3 aromatic rings. The van der Waals surface area contributed by atoms with Gasteiger partial charge < -0.3 is 20.5 Å². The van der Waals surface area contributed by atoms with Crippen LogP contribution in [0.1, 0.15) is 30.6 Å². The molecule has 162 valence electrons. The molecule has 0 aliphatic heterocycles. The van der Waals surface area contributed by atoms with Crippen molar-refractivity contribution in [2.75, 3.05) is 13.1 Å². The molecular formula is C24H27FN4O2. The average Bonchev–Trinajstić information content (AvgIpc) is 2.80. The summed E-state index contributed by atoms with van der Waals surface area (Å²) >= 11 is 0. The third-order valence-corrected chi connectivity index (χ3v) is 4.49. The summed E-state index contributed by atoms with van der Waals surface area (Å²) in [6.07, 6.45) is 1.76. The molecule has 1 aromatic heterocycles. The van der Waals surface area contributed by atoms with E-state index in [0.717, 1.165) is 17.7 Å². The molecule has 31 heavy (non-hydrogen) atoms. The summed E-state index contributed by atoms with van der Waals surface area (Å²) < 4.78 is 18.6. The van der Waals surface area contributed by atoms with Crippen molar-refractivity contribution < 1.29 is 14.2 Å². The van der Waals surface area contributed by atoms with Gasteiger partial charge in [0, 0.05) is 25.4 Å². The SMILES string of the molecule is CCNC(=NCc1ccc(Oc2ccc(F)cc2)nc1)NCCC(O)c1ccccc1. The first-order chi connectivity index (χ1) is 15.1. The molecule has 0 aliphatic rings. The van der Waals surface area contributed by atoms with Crippen molar-refractivity contribution in [3.8, 4) is 11.6 Å². The number of nitrogens with zero attached hydrogens (tertiary/aromatic N) is 2. The Morgan fingerprint density at radius 3 is 2.52 bits per heavy atom. The zero-order valence-corrected chi connectivity index (χ0v) is 17.5. The molecule has 7 heteroatoms. The third kappa shape index (κ3) is 7.38. The highest BCUT2D eigenvalue weighted by Crippen LogP contribution is 2.19. The maximum absolute atomic E-state index is 13.0. The van der Waals surface area contributed by atoms with Gasteiger partial charge in [0.2, 0.25) is 5.88 Å². The van der Waals surface area contributed by atoms with Gasteiger partial charge in [0.15, 0.2) is 5.96 Å². The van der Waals surface area contributed by atoms with Crippen LogP contribution in [-0.2, 0) is 6.54 Å². The molecule has 0 fully saturated rings. The fraction of sp³-hybridized carbons (Fsp3) is 0.250. The standard InChI is InChI=1S/C24H27FN4O2/c1-2-26-24(27-15-14-22(30)19-6-4-3-5-7-19)29-17-18-8-13-23(28-16-18)31-21-11-9-20(25)10-12-21/h3-13,16,22,30H,2,14-15,17H2,1H3,(H2,26,27,29). The molecule has 0 radical (unpaired) electrons. The van der Waals surface area contributed by atoms with E-state index in [1.807, 2.05) is 43.3 Å². The fourth-order valence-electron chi connectivity index (χ4n) is 2.87. The third-order valence-electron chi connectivity index (χ3n) is 4.49. The van der Waals surface area contributed by atoms with Crippen LogP contribution in [0.5, 0.6) is 11.6 Å². The number of aliphatic hydroxyl groups is 1. The normalized spacial score (nSPS) is 12.3. The molecule has 0 saturated heterocycles. The molecule has 0 bridgehead atoms. The summed E-state index contributed by atoms with van der Waals surface area (Å²) in [6.45, 7) is 3.76. The second kappa shape index (κ2) is 11.7. The van der Waals surface area contributed by atoms with Gasteiger partial charge in [-0.25, -0.2) is 14.4 Å². The molecule has 3 rings (SSSR count). The van der Waals surface area contributed by atoms with Crippen LogP contribution in [0, 0.1) is 5.82 Å². The van der Waals surface area contributed by atoms with Crippen molar-refractivity contribution in [2.45, 2.75) is 26.0 Å². The van der Waals surface area contributed by atoms with Crippen LogP contribution >= 0.6 is 0 Å². The summed E-state index contributed by atoms with van der Waals surface area (Å²) in [5.74, 6) is 1.32. The van der Waals surface area contributed by atoms with Crippen molar-refractivity contribution in [1.29, 1.82) is 0 Å². The zero-order chi connectivity index (χ0) is 21.9. The summed E-state index contributed by atoms with van der Waals surface area (Å²) in [7, 11) is 0. The van der Waals surface area contributed by atoms with Gasteiger partial charge >= 0.3 is 0 Å². The highest BCUT2D eigenvalue weighted by atomic mass is 19.1. The smallest absolute Gasteiger partial charge is 0.219 e. The first kappa shape index (κ1) is 22.2. The predicted octanol–water partition coefficient (Wildman–Crippen LogP) is 4.19. The second-order valence-corrected chi connectivity index (χ2v) is 6.90. The highest BCUT2D eigenvalue weighted by Gasteiger charge is 2.07. The number of rotatable bonds is 9. The summed E-state index contributed by atoms with van der Waals surface area (Å²) in [5.41, 5.74) is 1.83. The molecule has 1 heterocycles. The lowest BCUT2D eigenvalue weighted by atomic mass is 10.1. The van der Waals surface area contributed by atoms with Gasteiger partial charge in [-0.2, -0.15) is 0 Å². The van der Waals surface area contributed by atoms with Gasteiger partial charge in [0.1, 0.15) is 11.6 Å². The summed E-state index contributed by atoms with van der Waals surface area (Å²) in [5, 5.41) is 16.7. The van der Waals surface area contributed by atoms with Crippen molar-refractivity contribution in [3.63, 3.8) is 0 Å². The number of hydrogen-bond donors (Lipinski definition) is 3. The Balaban J connectivity index is 1.50. The molecule has 6 nitrogen and oxygen atoms in total. The first-order valence-electron chi connectivity index (χ1n) is 10.3.